The molecule has 2 aromatic carbocycles. The Kier molecular flexibility index (Phi) is 5.73. The molecule has 0 aliphatic rings. The number of aryl methyl sites for hydroxylation is 1. The summed E-state index contributed by atoms with van der Waals surface area (Å²) in [5, 5.41) is 2.73. The second kappa shape index (κ2) is 7.96. The number of carbonyl (C=O) groups is 3. The van der Waals surface area contributed by atoms with Gasteiger partial charge in [-0.05, 0) is 36.8 Å². The second-order valence-electron chi connectivity index (χ2n) is 5.23. The first-order chi connectivity index (χ1) is 11.9. The molecule has 2 rings (SSSR count). The summed E-state index contributed by atoms with van der Waals surface area (Å²) in [4.78, 5) is 35.1. The van der Waals surface area contributed by atoms with Crippen molar-refractivity contribution < 1.29 is 23.9 Å². The van der Waals surface area contributed by atoms with Gasteiger partial charge in [-0.25, -0.2) is 4.79 Å². The molecule has 0 spiro atoms. The summed E-state index contributed by atoms with van der Waals surface area (Å²) in [6.07, 6.45) is 0. The fraction of sp³-hybridized carbons (Fsp3) is 0.167. The fourth-order valence-electron chi connectivity index (χ4n) is 2.12. The highest BCUT2D eigenvalue weighted by atomic mass is 16.5. The van der Waals surface area contributed by atoms with Crippen molar-refractivity contribution in [1.82, 2.24) is 0 Å². The van der Waals surface area contributed by atoms with Gasteiger partial charge in [0.05, 0.1) is 18.2 Å². The topological polar surface area (TPSA) is 108 Å². The normalized spacial score (nSPS) is 10.0. The second-order valence-corrected chi connectivity index (χ2v) is 5.23. The van der Waals surface area contributed by atoms with Crippen LogP contribution in [0.3, 0.4) is 0 Å². The van der Waals surface area contributed by atoms with Gasteiger partial charge in [-0.15, -0.1) is 0 Å². The molecule has 0 bridgehead atoms. The number of rotatable bonds is 6. The number of hydrogen-bond acceptors (Lipinski definition) is 5. The average Bonchev–Trinajstić information content (AvgIpc) is 2.61. The average molecular weight is 342 g/mol. The van der Waals surface area contributed by atoms with Crippen molar-refractivity contribution in [3.63, 3.8) is 0 Å². The Morgan fingerprint density at radius 2 is 1.84 bits per heavy atom. The van der Waals surface area contributed by atoms with Gasteiger partial charge in [0, 0.05) is 5.69 Å². The Bertz CT molecular complexity index is 817. The number of amides is 2. The number of hydrogen-bond donors (Lipinski definition) is 2. The zero-order valence-corrected chi connectivity index (χ0v) is 13.9. The van der Waals surface area contributed by atoms with Crippen LogP contribution in [0.4, 0.5) is 5.69 Å². The number of primary amides is 1. The minimum atomic E-state index is -0.642. The summed E-state index contributed by atoms with van der Waals surface area (Å²) in [5.41, 5.74) is 6.87. The minimum absolute atomic E-state index is 0.237. The Labute approximate surface area is 144 Å². The zero-order chi connectivity index (χ0) is 18.4. The molecular weight excluding hydrogens is 324 g/mol. The molecule has 3 N–H and O–H groups in total. The lowest BCUT2D eigenvalue weighted by Gasteiger charge is -2.13. The van der Waals surface area contributed by atoms with Crippen LogP contribution in [-0.2, 0) is 9.53 Å². The highest BCUT2D eigenvalue weighted by molar-refractivity contribution is 6.07. The van der Waals surface area contributed by atoms with Crippen LogP contribution in [0.2, 0.25) is 0 Å². The number of benzene rings is 2. The van der Waals surface area contributed by atoms with E-state index in [9.17, 15) is 14.4 Å². The lowest BCUT2D eigenvalue weighted by atomic mass is 10.1. The summed E-state index contributed by atoms with van der Waals surface area (Å²) < 4.78 is 9.94. The van der Waals surface area contributed by atoms with Gasteiger partial charge in [0.15, 0.2) is 6.61 Å². The number of ether oxygens (including phenoxy) is 2. The number of methoxy groups -OCH3 is 1. The third-order valence-corrected chi connectivity index (χ3v) is 3.41. The molecule has 0 saturated carbocycles. The number of anilines is 1. The molecule has 0 atom stereocenters. The summed E-state index contributed by atoms with van der Waals surface area (Å²) in [6, 6.07) is 11.3. The van der Waals surface area contributed by atoms with E-state index >= 15 is 0 Å². The van der Waals surface area contributed by atoms with Gasteiger partial charge >= 0.3 is 5.97 Å². The first kappa shape index (κ1) is 18.0. The molecule has 7 nitrogen and oxygen atoms in total. The molecule has 130 valence electrons. The molecule has 0 aliphatic heterocycles. The Hall–Kier alpha value is -3.35. The van der Waals surface area contributed by atoms with E-state index in [1.165, 1.54) is 13.2 Å². The zero-order valence-electron chi connectivity index (χ0n) is 13.9. The number of esters is 1. The quantitative estimate of drug-likeness (QED) is 0.780. The maximum Gasteiger partial charge on any atom is 0.337 e. The van der Waals surface area contributed by atoms with Gasteiger partial charge in [-0.1, -0.05) is 18.2 Å². The summed E-state index contributed by atoms with van der Waals surface area (Å²) in [6.45, 7) is 1.47. The van der Waals surface area contributed by atoms with Crippen molar-refractivity contribution in [3.8, 4) is 5.75 Å². The molecule has 2 aromatic rings. The maximum atomic E-state index is 12.6. The minimum Gasteiger partial charge on any atom is -0.483 e. The van der Waals surface area contributed by atoms with E-state index in [0.717, 1.165) is 5.56 Å². The van der Waals surface area contributed by atoms with E-state index in [0.29, 0.717) is 11.3 Å². The van der Waals surface area contributed by atoms with Crippen molar-refractivity contribution in [3.05, 3.63) is 59.2 Å². The molecule has 0 unspecified atom stereocenters. The van der Waals surface area contributed by atoms with E-state index < -0.39 is 17.8 Å². The van der Waals surface area contributed by atoms with Crippen molar-refractivity contribution in [2.24, 2.45) is 5.73 Å². The summed E-state index contributed by atoms with van der Waals surface area (Å²) >= 11 is 0. The summed E-state index contributed by atoms with van der Waals surface area (Å²) in [5.74, 6) is -1.34. The van der Waals surface area contributed by atoms with Crippen molar-refractivity contribution in [1.29, 1.82) is 0 Å². The van der Waals surface area contributed by atoms with Crippen LogP contribution in [0, 0.1) is 6.92 Å². The molecule has 25 heavy (non-hydrogen) atoms. The van der Waals surface area contributed by atoms with Crippen LogP contribution in [0.5, 0.6) is 5.75 Å². The highest BCUT2D eigenvalue weighted by Gasteiger charge is 2.15. The van der Waals surface area contributed by atoms with E-state index in [2.05, 4.69) is 10.1 Å². The van der Waals surface area contributed by atoms with Crippen LogP contribution in [0.1, 0.15) is 26.3 Å². The van der Waals surface area contributed by atoms with Crippen LogP contribution in [-0.4, -0.2) is 31.5 Å². The SMILES string of the molecule is COC(=O)c1ccc(C)c(NC(=O)c2ccccc2OCC(N)=O)c1. The van der Waals surface area contributed by atoms with Gasteiger partial charge in [0.2, 0.25) is 0 Å². The van der Waals surface area contributed by atoms with Gasteiger partial charge < -0.3 is 20.5 Å². The van der Waals surface area contributed by atoms with Gasteiger partial charge in [-0.2, -0.15) is 0 Å². The van der Waals surface area contributed by atoms with E-state index in [1.54, 1.807) is 43.3 Å². The first-order valence-electron chi connectivity index (χ1n) is 7.43. The van der Waals surface area contributed by atoms with Crippen molar-refractivity contribution in [2.75, 3.05) is 19.0 Å². The van der Waals surface area contributed by atoms with Crippen LogP contribution in [0.25, 0.3) is 0 Å². The smallest absolute Gasteiger partial charge is 0.337 e. The molecule has 0 fully saturated rings. The third-order valence-electron chi connectivity index (χ3n) is 3.41. The van der Waals surface area contributed by atoms with E-state index in [-0.39, 0.29) is 17.9 Å². The molecular formula is C18H18N2O5. The molecule has 7 heteroatoms. The van der Waals surface area contributed by atoms with E-state index in [4.69, 9.17) is 10.5 Å². The Balaban J connectivity index is 2.25. The third kappa shape index (κ3) is 4.57. The predicted molar refractivity (Wildman–Crippen MR) is 91.6 cm³/mol. The van der Waals surface area contributed by atoms with Gasteiger partial charge in [-0.3, -0.25) is 9.59 Å². The lowest BCUT2D eigenvalue weighted by molar-refractivity contribution is -0.119. The number of nitrogens with two attached hydrogens (primary N) is 1. The van der Waals surface area contributed by atoms with Gasteiger partial charge in [0.25, 0.3) is 11.8 Å². The Morgan fingerprint density at radius 3 is 2.52 bits per heavy atom. The monoisotopic (exact) mass is 342 g/mol. The number of carbonyl (C=O) groups excluding carboxylic acids is 3. The lowest BCUT2D eigenvalue weighted by Crippen LogP contribution is -2.21. The molecule has 0 radical (unpaired) electrons. The molecule has 0 saturated heterocycles. The molecule has 0 heterocycles. The fourth-order valence-corrected chi connectivity index (χ4v) is 2.12. The standard InChI is InChI=1S/C18H18N2O5/c1-11-7-8-12(18(23)24-2)9-14(11)20-17(22)13-5-3-4-6-15(13)25-10-16(19)21/h3-9H,10H2,1-2H3,(H2,19,21)(H,20,22). The molecule has 0 aliphatic carbocycles. The highest BCUT2D eigenvalue weighted by Crippen LogP contribution is 2.22. The molecule has 0 aromatic heterocycles. The van der Waals surface area contributed by atoms with Crippen molar-refractivity contribution in [2.45, 2.75) is 6.92 Å². The van der Waals surface area contributed by atoms with Crippen LogP contribution in [0.15, 0.2) is 42.5 Å². The van der Waals surface area contributed by atoms with Crippen molar-refractivity contribution >= 4 is 23.5 Å². The first-order valence-corrected chi connectivity index (χ1v) is 7.43. The number of nitrogens with one attached hydrogen (secondary N) is 1. The van der Waals surface area contributed by atoms with E-state index in [1.807, 2.05) is 0 Å². The molecule has 2 amide bonds. The Morgan fingerprint density at radius 1 is 1.12 bits per heavy atom. The largest absolute Gasteiger partial charge is 0.483 e. The predicted octanol–water partition coefficient (Wildman–Crippen LogP) is 1.90. The maximum absolute atomic E-state index is 12.6. The number of para-hydroxylation sites is 1. The summed E-state index contributed by atoms with van der Waals surface area (Å²) in [7, 11) is 1.28. The van der Waals surface area contributed by atoms with Crippen LogP contribution >= 0.6 is 0 Å². The van der Waals surface area contributed by atoms with Gasteiger partial charge in [0.1, 0.15) is 5.75 Å². The van der Waals surface area contributed by atoms with Crippen LogP contribution < -0.4 is 15.8 Å².